The lowest BCUT2D eigenvalue weighted by molar-refractivity contribution is 0.155. The van der Waals surface area contributed by atoms with Gasteiger partial charge in [0.25, 0.3) is 0 Å². The molecule has 1 N–H and O–H groups in total. The van der Waals surface area contributed by atoms with Gasteiger partial charge in [-0.05, 0) is 54.1 Å². The van der Waals surface area contributed by atoms with E-state index in [4.69, 9.17) is 14.7 Å². The SMILES string of the molecule is N#Cc1ccc(Oc2ccc(NC(=O)OCc3ccccc3)cc2)cc1. The fourth-order valence-electron chi connectivity index (χ4n) is 2.22. The van der Waals surface area contributed by atoms with Crippen molar-refractivity contribution >= 4 is 11.8 Å². The number of carbonyl (C=O) groups is 1. The summed E-state index contributed by atoms with van der Waals surface area (Å²) in [5, 5.41) is 11.5. The fraction of sp³-hybridized carbons (Fsp3) is 0.0476. The van der Waals surface area contributed by atoms with Gasteiger partial charge in [-0.1, -0.05) is 30.3 Å². The number of nitriles is 1. The molecular formula is C21H16N2O3. The van der Waals surface area contributed by atoms with Gasteiger partial charge >= 0.3 is 6.09 Å². The van der Waals surface area contributed by atoms with Crippen molar-refractivity contribution in [1.29, 1.82) is 5.26 Å². The van der Waals surface area contributed by atoms with Crippen molar-refractivity contribution in [2.45, 2.75) is 6.61 Å². The van der Waals surface area contributed by atoms with Crippen molar-refractivity contribution in [3.63, 3.8) is 0 Å². The summed E-state index contributed by atoms with van der Waals surface area (Å²) >= 11 is 0. The zero-order valence-corrected chi connectivity index (χ0v) is 13.9. The largest absolute Gasteiger partial charge is 0.457 e. The minimum absolute atomic E-state index is 0.215. The van der Waals surface area contributed by atoms with E-state index in [0.717, 1.165) is 5.56 Å². The van der Waals surface area contributed by atoms with Gasteiger partial charge in [0.15, 0.2) is 0 Å². The molecule has 0 spiro atoms. The van der Waals surface area contributed by atoms with Crippen LogP contribution in [0.1, 0.15) is 11.1 Å². The summed E-state index contributed by atoms with van der Waals surface area (Å²) in [6.45, 7) is 0.215. The fourth-order valence-corrected chi connectivity index (χ4v) is 2.22. The molecule has 0 aliphatic heterocycles. The average Bonchev–Trinajstić information content (AvgIpc) is 2.69. The minimum Gasteiger partial charge on any atom is -0.457 e. The maximum absolute atomic E-state index is 11.8. The van der Waals surface area contributed by atoms with E-state index < -0.39 is 6.09 Å². The first kappa shape index (κ1) is 17.1. The number of nitrogens with one attached hydrogen (secondary N) is 1. The average molecular weight is 344 g/mol. The van der Waals surface area contributed by atoms with Crippen LogP contribution in [-0.2, 0) is 11.3 Å². The second kappa shape index (κ2) is 8.36. The maximum Gasteiger partial charge on any atom is 0.411 e. The number of hydrogen-bond acceptors (Lipinski definition) is 4. The third-order valence-electron chi connectivity index (χ3n) is 3.53. The predicted octanol–water partition coefficient (Wildman–Crippen LogP) is 5.10. The van der Waals surface area contributed by atoms with Gasteiger partial charge in [0, 0.05) is 5.69 Å². The third-order valence-corrected chi connectivity index (χ3v) is 3.53. The molecule has 128 valence electrons. The molecule has 0 aliphatic carbocycles. The Bertz CT molecular complexity index is 899. The Labute approximate surface area is 151 Å². The van der Waals surface area contributed by atoms with E-state index in [1.165, 1.54) is 0 Å². The van der Waals surface area contributed by atoms with Gasteiger partial charge in [0.2, 0.25) is 0 Å². The first-order valence-corrected chi connectivity index (χ1v) is 7.99. The van der Waals surface area contributed by atoms with Crippen LogP contribution < -0.4 is 10.1 Å². The molecule has 0 aliphatic rings. The highest BCUT2D eigenvalue weighted by atomic mass is 16.5. The maximum atomic E-state index is 11.8. The van der Waals surface area contributed by atoms with E-state index in [2.05, 4.69) is 11.4 Å². The molecule has 0 heterocycles. The number of nitrogens with zero attached hydrogens (tertiary/aromatic N) is 1. The van der Waals surface area contributed by atoms with E-state index in [9.17, 15) is 4.79 Å². The Kier molecular flexibility index (Phi) is 5.48. The summed E-state index contributed by atoms with van der Waals surface area (Å²) in [7, 11) is 0. The van der Waals surface area contributed by atoms with Crippen molar-refractivity contribution in [2.75, 3.05) is 5.32 Å². The number of hydrogen-bond donors (Lipinski definition) is 1. The first-order valence-electron chi connectivity index (χ1n) is 7.99. The van der Waals surface area contributed by atoms with Gasteiger partial charge < -0.3 is 9.47 Å². The van der Waals surface area contributed by atoms with Crippen molar-refractivity contribution < 1.29 is 14.3 Å². The number of amides is 1. The van der Waals surface area contributed by atoms with Crippen LogP contribution >= 0.6 is 0 Å². The van der Waals surface area contributed by atoms with Gasteiger partial charge in [0.1, 0.15) is 18.1 Å². The van der Waals surface area contributed by atoms with Gasteiger partial charge in [0.05, 0.1) is 11.6 Å². The van der Waals surface area contributed by atoms with Crippen LogP contribution in [0.2, 0.25) is 0 Å². The zero-order chi connectivity index (χ0) is 18.2. The zero-order valence-electron chi connectivity index (χ0n) is 13.9. The van der Waals surface area contributed by atoms with Crippen molar-refractivity contribution in [3.8, 4) is 17.6 Å². The Morgan fingerprint density at radius 2 is 1.50 bits per heavy atom. The summed E-state index contributed by atoms with van der Waals surface area (Å²) in [6, 6.07) is 25.3. The quantitative estimate of drug-likeness (QED) is 0.699. The molecule has 3 aromatic rings. The number of anilines is 1. The Morgan fingerprint density at radius 3 is 2.12 bits per heavy atom. The molecule has 0 saturated carbocycles. The molecule has 3 rings (SSSR count). The van der Waals surface area contributed by atoms with Crippen molar-refractivity contribution in [3.05, 3.63) is 90.0 Å². The second-order valence-corrected chi connectivity index (χ2v) is 5.45. The van der Waals surface area contributed by atoms with Crippen LogP contribution in [0.5, 0.6) is 11.5 Å². The molecule has 0 atom stereocenters. The van der Waals surface area contributed by atoms with Crippen LogP contribution in [0.3, 0.4) is 0 Å². The van der Waals surface area contributed by atoms with E-state index in [1.54, 1.807) is 48.5 Å². The molecule has 0 fully saturated rings. The molecule has 26 heavy (non-hydrogen) atoms. The number of carbonyl (C=O) groups excluding carboxylic acids is 1. The van der Waals surface area contributed by atoms with E-state index >= 15 is 0 Å². The molecular weight excluding hydrogens is 328 g/mol. The highest BCUT2D eigenvalue weighted by Gasteiger charge is 2.04. The van der Waals surface area contributed by atoms with Crippen molar-refractivity contribution in [2.24, 2.45) is 0 Å². The molecule has 5 heteroatoms. The monoisotopic (exact) mass is 344 g/mol. The molecule has 5 nitrogen and oxygen atoms in total. The number of benzene rings is 3. The van der Waals surface area contributed by atoms with E-state index in [1.807, 2.05) is 30.3 Å². The molecule has 0 radical (unpaired) electrons. The Morgan fingerprint density at radius 1 is 0.885 bits per heavy atom. The second-order valence-electron chi connectivity index (χ2n) is 5.45. The van der Waals surface area contributed by atoms with E-state index in [-0.39, 0.29) is 6.61 Å². The minimum atomic E-state index is -0.519. The van der Waals surface area contributed by atoms with Gasteiger partial charge in [-0.2, -0.15) is 5.26 Å². The van der Waals surface area contributed by atoms with Crippen LogP contribution in [0.25, 0.3) is 0 Å². The van der Waals surface area contributed by atoms with Gasteiger partial charge in [-0.3, -0.25) is 5.32 Å². The lowest BCUT2D eigenvalue weighted by Gasteiger charge is -2.09. The summed E-state index contributed by atoms with van der Waals surface area (Å²) in [5.74, 6) is 1.25. The summed E-state index contributed by atoms with van der Waals surface area (Å²) in [5.41, 5.74) is 2.11. The molecule has 0 saturated heterocycles. The lowest BCUT2D eigenvalue weighted by atomic mass is 10.2. The molecule has 3 aromatic carbocycles. The standard InChI is InChI=1S/C21H16N2O3/c22-14-16-6-10-19(11-7-16)26-20-12-8-18(9-13-20)23-21(24)25-15-17-4-2-1-3-5-17/h1-13H,15H2,(H,23,24). The molecule has 0 aromatic heterocycles. The highest BCUT2D eigenvalue weighted by Crippen LogP contribution is 2.23. The first-order chi connectivity index (χ1) is 12.7. The van der Waals surface area contributed by atoms with Gasteiger partial charge in [-0.25, -0.2) is 4.79 Å². The molecule has 1 amide bonds. The predicted molar refractivity (Wildman–Crippen MR) is 97.9 cm³/mol. The Balaban J connectivity index is 1.52. The van der Waals surface area contributed by atoms with Crippen LogP contribution in [0.15, 0.2) is 78.9 Å². The van der Waals surface area contributed by atoms with Crippen LogP contribution in [-0.4, -0.2) is 6.09 Å². The number of rotatable bonds is 5. The van der Waals surface area contributed by atoms with Crippen molar-refractivity contribution in [1.82, 2.24) is 0 Å². The normalized spacial score (nSPS) is 9.81. The summed E-state index contributed by atoms with van der Waals surface area (Å²) < 4.78 is 10.9. The topological polar surface area (TPSA) is 71.3 Å². The van der Waals surface area contributed by atoms with Crippen LogP contribution in [0, 0.1) is 11.3 Å². The molecule has 0 bridgehead atoms. The van der Waals surface area contributed by atoms with Gasteiger partial charge in [-0.15, -0.1) is 0 Å². The summed E-state index contributed by atoms with van der Waals surface area (Å²) in [4.78, 5) is 11.8. The van der Waals surface area contributed by atoms with E-state index in [0.29, 0.717) is 22.7 Å². The van der Waals surface area contributed by atoms with Crippen LogP contribution in [0.4, 0.5) is 10.5 Å². The molecule has 0 unspecified atom stereocenters. The third kappa shape index (κ3) is 4.86. The smallest absolute Gasteiger partial charge is 0.411 e. The summed E-state index contributed by atoms with van der Waals surface area (Å²) in [6.07, 6.45) is -0.519. The number of ether oxygens (including phenoxy) is 2. The lowest BCUT2D eigenvalue weighted by Crippen LogP contribution is -2.13. The highest BCUT2D eigenvalue weighted by molar-refractivity contribution is 5.84. The Hall–Kier alpha value is -3.78.